The molecule has 0 saturated heterocycles. The summed E-state index contributed by atoms with van der Waals surface area (Å²) in [5, 5.41) is 27.4. The van der Waals surface area contributed by atoms with Crippen LogP contribution in [0.3, 0.4) is 0 Å². The number of phenolic OH excluding ortho intramolecular Hbond substituents is 3. The van der Waals surface area contributed by atoms with Crippen LogP contribution in [-0.4, -0.2) is 29.2 Å². The van der Waals surface area contributed by atoms with Gasteiger partial charge in [-0.15, -0.1) is 0 Å². The van der Waals surface area contributed by atoms with Gasteiger partial charge in [-0.05, 0) is 67.4 Å². The highest BCUT2D eigenvalue weighted by molar-refractivity contribution is 7.87. The van der Waals surface area contributed by atoms with Gasteiger partial charge < -0.3 is 25.0 Å². The molecule has 0 bridgehead atoms. The monoisotopic (exact) mass is 440 g/mol. The lowest BCUT2D eigenvalue weighted by atomic mass is 10.2. The number of hydrogen-bond donors (Lipinski definition) is 3. The third-order valence-electron chi connectivity index (χ3n) is 3.37. The maximum atomic E-state index is 12.0. The second kappa shape index (κ2) is 10.0. The Labute approximate surface area is 173 Å². The number of hydrogen-bond acceptors (Lipinski definition) is 6. The average molecular weight is 441 g/mol. The van der Waals surface area contributed by atoms with Gasteiger partial charge in [-0.2, -0.15) is 8.42 Å². The fraction of sp³-hybridized carbons (Fsp3) is 0.100. The molecule has 0 aromatic heterocycles. The van der Waals surface area contributed by atoms with Gasteiger partial charge in [0, 0.05) is 17.2 Å². The summed E-state index contributed by atoms with van der Waals surface area (Å²) in [6.07, 6.45) is 0. The molecule has 0 unspecified atom stereocenters. The van der Waals surface area contributed by atoms with Crippen molar-refractivity contribution in [3.05, 3.63) is 76.8 Å². The molecule has 156 valence electrons. The van der Waals surface area contributed by atoms with Crippen molar-refractivity contribution < 1.29 is 33.4 Å². The number of benzene rings is 3. The number of phenols is 3. The van der Waals surface area contributed by atoms with Crippen LogP contribution in [0.15, 0.2) is 65.6 Å². The molecule has 0 aliphatic heterocycles. The first kappa shape index (κ1) is 24.1. The third-order valence-corrected chi connectivity index (χ3v) is 4.85. The first-order valence-electron chi connectivity index (χ1n) is 8.05. The van der Waals surface area contributed by atoms with Gasteiger partial charge in [-0.1, -0.05) is 17.7 Å². The van der Waals surface area contributed by atoms with Crippen molar-refractivity contribution in [3.63, 3.8) is 0 Å². The van der Waals surface area contributed by atoms with Crippen molar-refractivity contribution in [1.29, 1.82) is 0 Å². The van der Waals surface area contributed by atoms with Crippen LogP contribution in [0.4, 0.5) is 0 Å². The molecule has 0 aliphatic rings. The van der Waals surface area contributed by atoms with E-state index in [0.29, 0.717) is 10.6 Å². The molecular formula is C20H21ClO7S. The standard InChI is InChI=1S/C13H11ClO4S.C7H8O2.H2O/c1-9-5-11(15)8-12(6-9)18-19(16,17)13-4-2-3-10(14)7-13;1-5-2-6(8)4-7(9)3-5;/h2-8,15H,1H3;2-4,8-9H,1H3;1H2. The second-order valence-electron chi connectivity index (χ2n) is 6.03. The fourth-order valence-corrected chi connectivity index (χ4v) is 3.53. The van der Waals surface area contributed by atoms with Crippen molar-refractivity contribution in [1.82, 2.24) is 0 Å². The van der Waals surface area contributed by atoms with Crippen molar-refractivity contribution in [2.75, 3.05) is 0 Å². The molecule has 0 amide bonds. The summed E-state index contributed by atoms with van der Waals surface area (Å²) >= 11 is 5.74. The molecule has 0 fully saturated rings. The Morgan fingerprint density at radius 3 is 1.79 bits per heavy atom. The van der Waals surface area contributed by atoms with Gasteiger partial charge >= 0.3 is 10.1 Å². The van der Waals surface area contributed by atoms with Crippen molar-refractivity contribution >= 4 is 21.7 Å². The van der Waals surface area contributed by atoms with Crippen LogP contribution in [0.5, 0.6) is 23.0 Å². The summed E-state index contributed by atoms with van der Waals surface area (Å²) < 4.78 is 29.0. The van der Waals surface area contributed by atoms with Gasteiger partial charge in [0.1, 0.15) is 27.9 Å². The van der Waals surface area contributed by atoms with Gasteiger partial charge in [0.25, 0.3) is 0 Å². The van der Waals surface area contributed by atoms with Crippen molar-refractivity contribution in [3.8, 4) is 23.0 Å². The number of halogens is 1. The van der Waals surface area contributed by atoms with Gasteiger partial charge in [0.05, 0.1) is 0 Å². The highest BCUT2D eigenvalue weighted by Crippen LogP contribution is 2.25. The van der Waals surface area contributed by atoms with E-state index in [1.54, 1.807) is 32.0 Å². The van der Waals surface area contributed by atoms with Crippen molar-refractivity contribution in [2.45, 2.75) is 18.7 Å². The molecule has 3 aromatic carbocycles. The third kappa shape index (κ3) is 7.53. The van der Waals surface area contributed by atoms with Crippen LogP contribution >= 0.6 is 11.6 Å². The SMILES string of the molecule is Cc1cc(O)cc(O)c1.Cc1cc(O)cc(OS(=O)(=O)c2cccc(Cl)c2)c1.O. The largest absolute Gasteiger partial charge is 0.508 e. The summed E-state index contributed by atoms with van der Waals surface area (Å²) in [7, 11) is -3.96. The van der Waals surface area contributed by atoms with Gasteiger partial charge in [0.15, 0.2) is 0 Å². The number of aromatic hydroxyl groups is 3. The zero-order valence-electron chi connectivity index (χ0n) is 15.6. The van der Waals surface area contributed by atoms with E-state index in [-0.39, 0.29) is 33.4 Å². The lowest BCUT2D eigenvalue weighted by Gasteiger charge is -2.08. The predicted molar refractivity (Wildman–Crippen MR) is 110 cm³/mol. The lowest BCUT2D eigenvalue weighted by Crippen LogP contribution is -2.09. The van der Waals surface area contributed by atoms with Crippen LogP contribution in [0.1, 0.15) is 11.1 Å². The molecule has 0 heterocycles. The first-order chi connectivity index (χ1) is 13.0. The predicted octanol–water partition coefficient (Wildman–Crippen LogP) is 3.70. The maximum Gasteiger partial charge on any atom is 0.339 e. The minimum Gasteiger partial charge on any atom is -0.508 e. The minimum absolute atomic E-state index is 0. The van der Waals surface area contributed by atoms with E-state index in [9.17, 15) is 13.5 Å². The first-order valence-corrected chi connectivity index (χ1v) is 9.84. The Kier molecular flexibility index (Phi) is 8.32. The maximum absolute atomic E-state index is 12.0. The smallest absolute Gasteiger partial charge is 0.339 e. The number of rotatable bonds is 3. The zero-order chi connectivity index (χ0) is 20.9. The normalized spacial score (nSPS) is 10.3. The second-order valence-corrected chi connectivity index (χ2v) is 8.01. The lowest BCUT2D eigenvalue weighted by molar-refractivity contribution is 0.449. The molecule has 0 saturated carbocycles. The molecule has 0 atom stereocenters. The molecular weight excluding hydrogens is 420 g/mol. The van der Waals surface area contributed by atoms with E-state index in [0.717, 1.165) is 5.56 Å². The molecule has 0 aliphatic carbocycles. The summed E-state index contributed by atoms with van der Waals surface area (Å²) in [6.45, 7) is 3.53. The molecule has 5 N–H and O–H groups in total. The Bertz CT molecular complexity index is 1010. The Balaban J connectivity index is 0.000000355. The summed E-state index contributed by atoms with van der Waals surface area (Å²) in [5.74, 6) is 0.203. The molecule has 7 nitrogen and oxygen atoms in total. The minimum atomic E-state index is -3.96. The quantitative estimate of drug-likeness (QED) is 0.531. The molecule has 0 spiro atoms. The van der Waals surface area contributed by atoms with Crippen molar-refractivity contribution in [2.24, 2.45) is 0 Å². The van der Waals surface area contributed by atoms with E-state index in [2.05, 4.69) is 0 Å². The molecule has 3 rings (SSSR count). The molecule has 0 radical (unpaired) electrons. The Hall–Kier alpha value is -2.94. The molecule has 9 heteroatoms. The highest BCUT2D eigenvalue weighted by Gasteiger charge is 2.17. The molecule has 3 aromatic rings. The van der Waals surface area contributed by atoms with E-state index in [1.807, 2.05) is 0 Å². The van der Waals surface area contributed by atoms with E-state index in [4.69, 9.17) is 26.0 Å². The Morgan fingerprint density at radius 2 is 1.31 bits per heavy atom. The van der Waals surface area contributed by atoms with E-state index >= 15 is 0 Å². The summed E-state index contributed by atoms with van der Waals surface area (Å²) in [4.78, 5) is -0.0407. The summed E-state index contributed by atoms with van der Waals surface area (Å²) in [6, 6.07) is 14.5. The zero-order valence-corrected chi connectivity index (χ0v) is 17.2. The number of aryl methyl sites for hydroxylation is 2. The topological polar surface area (TPSA) is 136 Å². The van der Waals surface area contributed by atoms with Gasteiger partial charge in [-0.3, -0.25) is 0 Å². The highest BCUT2D eigenvalue weighted by atomic mass is 35.5. The van der Waals surface area contributed by atoms with Gasteiger partial charge in [0.2, 0.25) is 0 Å². The van der Waals surface area contributed by atoms with E-state index < -0.39 is 10.1 Å². The Morgan fingerprint density at radius 1 is 0.793 bits per heavy atom. The van der Waals surface area contributed by atoms with Gasteiger partial charge in [-0.25, -0.2) is 0 Å². The average Bonchev–Trinajstić information content (AvgIpc) is 2.52. The fourth-order valence-electron chi connectivity index (χ4n) is 2.32. The van der Waals surface area contributed by atoms with Crippen LogP contribution in [0.2, 0.25) is 5.02 Å². The van der Waals surface area contributed by atoms with Crippen LogP contribution in [0.25, 0.3) is 0 Å². The van der Waals surface area contributed by atoms with E-state index in [1.165, 1.54) is 42.5 Å². The summed E-state index contributed by atoms with van der Waals surface area (Å²) in [5.41, 5.74) is 1.55. The van der Waals surface area contributed by atoms with Crippen LogP contribution in [0, 0.1) is 13.8 Å². The van der Waals surface area contributed by atoms with Crippen LogP contribution < -0.4 is 4.18 Å². The van der Waals surface area contributed by atoms with Crippen LogP contribution in [-0.2, 0) is 10.1 Å². The molecule has 29 heavy (non-hydrogen) atoms.